The summed E-state index contributed by atoms with van der Waals surface area (Å²) in [6, 6.07) is 14.7. The molecule has 9 heteroatoms. The highest BCUT2D eigenvalue weighted by molar-refractivity contribution is 7.99. The molecule has 0 spiro atoms. The third kappa shape index (κ3) is 5.38. The van der Waals surface area contributed by atoms with Gasteiger partial charge >= 0.3 is 6.18 Å². The highest BCUT2D eigenvalue weighted by Crippen LogP contribution is 2.34. The van der Waals surface area contributed by atoms with E-state index < -0.39 is 17.6 Å². The molecule has 0 unspecified atom stereocenters. The molecule has 29 heavy (non-hydrogen) atoms. The molecule has 3 aromatic rings. The van der Waals surface area contributed by atoms with Crippen molar-refractivity contribution in [3.8, 4) is 0 Å². The molecule has 0 atom stereocenters. The quantitative estimate of drug-likeness (QED) is 0.566. The van der Waals surface area contributed by atoms with Crippen molar-refractivity contribution >= 4 is 23.4 Å². The Hall–Kier alpha value is -2.81. The van der Waals surface area contributed by atoms with Gasteiger partial charge in [0.25, 0.3) is 0 Å². The molecule has 1 heterocycles. The van der Waals surface area contributed by atoms with Gasteiger partial charge in [0.15, 0.2) is 5.16 Å². The summed E-state index contributed by atoms with van der Waals surface area (Å²) >= 11 is 1.14. The summed E-state index contributed by atoms with van der Waals surface area (Å²) in [6.07, 6.45) is -3.93. The minimum Gasteiger partial charge on any atom is -0.325 e. The number of carbonyl (C=O) groups excluding carboxylic acids is 1. The summed E-state index contributed by atoms with van der Waals surface area (Å²) in [5.74, 6) is 0.154. The Kier molecular flexibility index (Phi) is 6.58. The largest absolute Gasteiger partial charge is 0.418 e. The zero-order chi connectivity index (χ0) is 20.9. The topological polar surface area (TPSA) is 59.8 Å². The van der Waals surface area contributed by atoms with Crippen LogP contribution in [0.25, 0.3) is 0 Å². The normalized spacial score (nSPS) is 11.4. The molecule has 5 nitrogen and oxygen atoms in total. The first kappa shape index (κ1) is 20.9. The first-order valence-corrected chi connectivity index (χ1v) is 9.92. The summed E-state index contributed by atoms with van der Waals surface area (Å²) in [6.45, 7) is 2.57. The van der Waals surface area contributed by atoms with Crippen LogP contribution in [0.15, 0.2) is 59.8 Å². The molecule has 0 aliphatic heterocycles. The maximum atomic E-state index is 13.1. The molecule has 1 amide bonds. The van der Waals surface area contributed by atoms with E-state index in [0.29, 0.717) is 18.1 Å². The van der Waals surface area contributed by atoms with Crippen LogP contribution in [0.1, 0.15) is 23.9 Å². The lowest BCUT2D eigenvalue weighted by molar-refractivity contribution is -0.137. The van der Waals surface area contributed by atoms with Gasteiger partial charge in [-0.05, 0) is 24.6 Å². The van der Waals surface area contributed by atoms with E-state index in [-0.39, 0.29) is 11.4 Å². The van der Waals surface area contributed by atoms with Crippen molar-refractivity contribution in [2.24, 2.45) is 0 Å². The number of hydrogen-bond acceptors (Lipinski definition) is 4. The fourth-order valence-corrected chi connectivity index (χ4v) is 3.63. The zero-order valence-corrected chi connectivity index (χ0v) is 16.4. The lowest BCUT2D eigenvalue weighted by Gasteiger charge is -2.13. The van der Waals surface area contributed by atoms with E-state index in [1.165, 1.54) is 18.2 Å². The Bertz CT molecular complexity index is 973. The van der Waals surface area contributed by atoms with Gasteiger partial charge in [0.2, 0.25) is 5.91 Å². The second kappa shape index (κ2) is 9.13. The summed E-state index contributed by atoms with van der Waals surface area (Å²) in [5, 5.41) is 11.2. The number of halogens is 3. The lowest BCUT2D eigenvalue weighted by atomic mass is 10.1. The fourth-order valence-electron chi connectivity index (χ4n) is 2.81. The molecular weight excluding hydrogens is 401 g/mol. The molecule has 1 N–H and O–H groups in total. The van der Waals surface area contributed by atoms with Gasteiger partial charge in [0.05, 0.1) is 17.0 Å². The first-order valence-electron chi connectivity index (χ1n) is 8.93. The predicted molar refractivity (Wildman–Crippen MR) is 106 cm³/mol. The third-order valence-corrected chi connectivity index (χ3v) is 5.12. The molecule has 1 aromatic heterocycles. The van der Waals surface area contributed by atoms with E-state index in [1.807, 2.05) is 41.8 Å². The molecule has 0 aliphatic carbocycles. The van der Waals surface area contributed by atoms with Gasteiger partial charge in [-0.1, -0.05) is 54.2 Å². The highest BCUT2D eigenvalue weighted by Gasteiger charge is 2.33. The van der Waals surface area contributed by atoms with E-state index in [2.05, 4.69) is 15.5 Å². The van der Waals surface area contributed by atoms with Crippen LogP contribution in [0.3, 0.4) is 0 Å². The SMILES string of the molecule is CCn1c(Cc2ccccc2)nnc1SCC(=O)Nc1ccccc1C(F)(F)F. The van der Waals surface area contributed by atoms with Gasteiger partial charge in [-0.25, -0.2) is 0 Å². The van der Waals surface area contributed by atoms with E-state index in [0.717, 1.165) is 29.2 Å². The van der Waals surface area contributed by atoms with Crippen LogP contribution < -0.4 is 5.32 Å². The maximum absolute atomic E-state index is 13.1. The van der Waals surface area contributed by atoms with Crippen LogP contribution in [0.5, 0.6) is 0 Å². The van der Waals surface area contributed by atoms with Crippen LogP contribution in [0.2, 0.25) is 0 Å². The fraction of sp³-hybridized carbons (Fsp3) is 0.250. The van der Waals surface area contributed by atoms with Gasteiger partial charge in [-0.3, -0.25) is 4.79 Å². The maximum Gasteiger partial charge on any atom is 0.418 e. The number of rotatable bonds is 7. The van der Waals surface area contributed by atoms with Gasteiger partial charge in [-0.2, -0.15) is 13.2 Å². The van der Waals surface area contributed by atoms with Crippen LogP contribution >= 0.6 is 11.8 Å². The summed E-state index contributed by atoms with van der Waals surface area (Å²) < 4.78 is 41.1. The van der Waals surface area contributed by atoms with Gasteiger partial charge in [-0.15, -0.1) is 10.2 Å². The van der Waals surface area contributed by atoms with Crippen molar-refractivity contribution in [2.45, 2.75) is 31.2 Å². The summed E-state index contributed by atoms with van der Waals surface area (Å²) in [5.41, 5.74) is -0.0415. The van der Waals surface area contributed by atoms with Crippen LogP contribution in [0.4, 0.5) is 18.9 Å². The van der Waals surface area contributed by atoms with E-state index >= 15 is 0 Å². The van der Waals surface area contributed by atoms with Gasteiger partial charge in [0.1, 0.15) is 5.82 Å². The average molecular weight is 420 g/mol. The van der Waals surface area contributed by atoms with Crippen molar-refractivity contribution < 1.29 is 18.0 Å². The second-order valence-electron chi connectivity index (χ2n) is 6.19. The van der Waals surface area contributed by atoms with Crippen molar-refractivity contribution in [3.05, 3.63) is 71.5 Å². The number of benzene rings is 2. The Morgan fingerprint density at radius 3 is 2.45 bits per heavy atom. The number of amides is 1. The standard InChI is InChI=1S/C20H19F3N4OS/c1-2-27-17(12-14-8-4-3-5-9-14)25-26-19(27)29-13-18(28)24-16-11-7-6-10-15(16)20(21,22)23/h3-11H,2,12-13H2,1H3,(H,24,28). The second-order valence-corrected chi connectivity index (χ2v) is 7.13. The lowest BCUT2D eigenvalue weighted by Crippen LogP contribution is -2.18. The molecule has 0 fully saturated rings. The minimum absolute atomic E-state index is 0.0737. The summed E-state index contributed by atoms with van der Waals surface area (Å²) in [7, 11) is 0. The van der Waals surface area contributed by atoms with E-state index in [9.17, 15) is 18.0 Å². The van der Waals surface area contributed by atoms with Crippen LogP contribution in [0, 0.1) is 0 Å². The molecule has 0 saturated carbocycles. The van der Waals surface area contributed by atoms with Crippen molar-refractivity contribution in [2.75, 3.05) is 11.1 Å². The smallest absolute Gasteiger partial charge is 0.325 e. The number of nitrogens with zero attached hydrogens (tertiary/aromatic N) is 3. The number of carbonyl (C=O) groups is 1. The average Bonchev–Trinajstić information content (AvgIpc) is 3.08. The van der Waals surface area contributed by atoms with Gasteiger partial charge in [0, 0.05) is 13.0 Å². The molecule has 0 radical (unpaired) electrons. The molecule has 3 rings (SSSR count). The number of nitrogens with one attached hydrogen (secondary N) is 1. The first-order chi connectivity index (χ1) is 13.9. The number of alkyl halides is 3. The van der Waals surface area contributed by atoms with E-state index in [1.54, 1.807) is 0 Å². The van der Waals surface area contributed by atoms with Crippen LogP contribution in [-0.4, -0.2) is 26.4 Å². The molecule has 0 bridgehead atoms. The minimum atomic E-state index is -4.54. The highest BCUT2D eigenvalue weighted by atomic mass is 32.2. The zero-order valence-electron chi connectivity index (χ0n) is 15.6. The van der Waals surface area contributed by atoms with Crippen LogP contribution in [-0.2, 0) is 23.9 Å². The molecule has 152 valence electrons. The Morgan fingerprint density at radius 1 is 1.07 bits per heavy atom. The van der Waals surface area contributed by atoms with Crippen molar-refractivity contribution in [1.29, 1.82) is 0 Å². The molecular formula is C20H19F3N4OS. The molecule has 0 saturated heterocycles. The molecule has 0 aliphatic rings. The monoisotopic (exact) mass is 420 g/mol. The van der Waals surface area contributed by atoms with E-state index in [4.69, 9.17) is 0 Å². The number of thioether (sulfide) groups is 1. The van der Waals surface area contributed by atoms with Gasteiger partial charge < -0.3 is 9.88 Å². The predicted octanol–water partition coefficient (Wildman–Crippen LogP) is 4.64. The summed E-state index contributed by atoms with van der Waals surface area (Å²) in [4.78, 5) is 12.2. The Morgan fingerprint density at radius 2 is 1.76 bits per heavy atom. The Balaban J connectivity index is 1.65. The van der Waals surface area contributed by atoms with Crippen molar-refractivity contribution in [1.82, 2.24) is 14.8 Å². The number of aromatic nitrogens is 3. The number of hydrogen-bond donors (Lipinski definition) is 1. The Labute approximate surface area is 170 Å². The van der Waals surface area contributed by atoms with Crippen molar-refractivity contribution in [3.63, 3.8) is 0 Å². The molecule has 2 aromatic carbocycles. The number of para-hydroxylation sites is 1. The third-order valence-electron chi connectivity index (χ3n) is 4.15. The number of anilines is 1.